The van der Waals surface area contributed by atoms with Crippen LogP contribution in [0.1, 0.15) is 44.0 Å². The number of nitrogens with one attached hydrogen (secondary N) is 1. The van der Waals surface area contributed by atoms with E-state index >= 15 is 0 Å². The molecule has 0 spiro atoms. The number of aromatic nitrogens is 2. The largest absolute Gasteiger partial charge is 0.320 e. The molecule has 3 rings (SSSR count). The van der Waals surface area contributed by atoms with Gasteiger partial charge >= 0.3 is 0 Å². The zero-order valence-corrected chi connectivity index (χ0v) is 17.8. The molecule has 0 atom stereocenters. The monoisotopic (exact) mass is 391 g/mol. The molecule has 0 aliphatic rings. The molecule has 152 valence electrons. The molecule has 0 aliphatic carbocycles. The third kappa shape index (κ3) is 4.50. The molecule has 5 heteroatoms. The van der Waals surface area contributed by atoms with Gasteiger partial charge in [0.2, 0.25) is 5.91 Å². The Kier molecular flexibility index (Phi) is 5.78. The van der Waals surface area contributed by atoms with E-state index in [1.807, 2.05) is 44.3 Å². The van der Waals surface area contributed by atoms with E-state index in [9.17, 15) is 9.59 Å². The van der Waals surface area contributed by atoms with E-state index in [0.29, 0.717) is 18.5 Å². The number of para-hydroxylation sites is 1. The van der Waals surface area contributed by atoms with E-state index in [1.165, 1.54) is 5.56 Å². The van der Waals surface area contributed by atoms with Gasteiger partial charge in [0.15, 0.2) is 0 Å². The minimum atomic E-state index is -0.223. The van der Waals surface area contributed by atoms with Crippen molar-refractivity contribution in [3.05, 3.63) is 81.8 Å². The summed E-state index contributed by atoms with van der Waals surface area (Å²) in [5, 5.41) is 2.82. The molecular weight excluding hydrogens is 362 g/mol. The van der Waals surface area contributed by atoms with Crippen molar-refractivity contribution in [3.63, 3.8) is 0 Å². The fourth-order valence-electron chi connectivity index (χ4n) is 3.34. The highest BCUT2D eigenvalue weighted by Gasteiger charge is 2.18. The molecule has 0 saturated heterocycles. The van der Waals surface area contributed by atoms with Gasteiger partial charge in [-0.05, 0) is 42.0 Å². The van der Waals surface area contributed by atoms with Crippen LogP contribution in [0.5, 0.6) is 0 Å². The second-order valence-electron chi connectivity index (χ2n) is 8.43. The average molecular weight is 392 g/mol. The molecule has 2 aromatic carbocycles. The van der Waals surface area contributed by atoms with Gasteiger partial charge in [0.25, 0.3) is 5.56 Å². The Morgan fingerprint density at radius 2 is 1.62 bits per heavy atom. The standard InChI is InChI=1S/C24H29N3O2/c1-17-22(23(29)27(26(17)5)20-9-7-6-8-10-20)25-21(28)16-13-18-11-14-19(15-12-18)24(2,3)4/h6-12,14-15H,13,16H2,1-5H3,(H,25,28). The first-order chi connectivity index (χ1) is 13.7. The molecule has 1 N–H and O–H groups in total. The average Bonchev–Trinajstić information content (AvgIpc) is 2.90. The summed E-state index contributed by atoms with van der Waals surface area (Å²) in [6, 6.07) is 17.8. The molecule has 0 saturated carbocycles. The number of carbonyl (C=O) groups is 1. The molecule has 0 fully saturated rings. The van der Waals surface area contributed by atoms with E-state index in [2.05, 4.69) is 50.4 Å². The van der Waals surface area contributed by atoms with Crippen LogP contribution in [0.15, 0.2) is 59.4 Å². The summed E-state index contributed by atoms with van der Waals surface area (Å²) in [6.07, 6.45) is 0.961. The third-order valence-electron chi connectivity index (χ3n) is 5.28. The predicted octanol–water partition coefficient (Wildman–Crippen LogP) is 4.35. The Bertz CT molecular complexity index is 1050. The van der Waals surface area contributed by atoms with Gasteiger partial charge in [-0.2, -0.15) is 0 Å². The van der Waals surface area contributed by atoms with Crippen molar-refractivity contribution >= 4 is 11.6 Å². The van der Waals surface area contributed by atoms with Crippen LogP contribution in [0.3, 0.4) is 0 Å². The third-order valence-corrected chi connectivity index (χ3v) is 5.28. The summed E-state index contributed by atoms with van der Waals surface area (Å²) in [6.45, 7) is 8.38. The van der Waals surface area contributed by atoms with E-state index in [1.54, 1.807) is 9.36 Å². The van der Waals surface area contributed by atoms with Gasteiger partial charge in [-0.1, -0.05) is 63.2 Å². The molecule has 0 unspecified atom stereocenters. The fraction of sp³-hybridized carbons (Fsp3) is 0.333. The minimum absolute atomic E-state index is 0.111. The summed E-state index contributed by atoms with van der Waals surface area (Å²) in [4.78, 5) is 25.4. The van der Waals surface area contributed by atoms with Crippen molar-refractivity contribution in [2.75, 3.05) is 5.32 Å². The molecule has 1 aromatic heterocycles. The molecule has 3 aromatic rings. The van der Waals surface area contributed by atoms with E-state index in [4.69, 9.17) is 0 Å². The first-order valence-corrected chi connectivity index (χ1v) is 9.92. The Balaban J connectivity index is 1.71. The number of hydrogen-bond donors (Lipinski definition) is 1. The van der Waals surface area contributed by atoms with Gasteiger partial charge in [0.1, 0.15) is 5.69 Å². The van der Waals surface area contributed by atoms with Gasteiger partial charge in [-0.25, -0.2) is 4.68 Å². The Hall–Kier alpha value is -3.08. The van der Waals surface area contributed by atoms with Crippen LogP contribution in [0.2, 0.25) is 0 Å². The molecule has 29 heavy (non-hydrogen) atoms. The first-order valence-electron chi connectivity index (χ1n) is 9.92. The van der Waals surface area contributed by atoms with Crippen LogP contribution in [0, 0.1) is 6.92 Å². The van der Waals surface area contributed by atoms with Gasteiger partial charge in [0, 0.05) is 13.5 Å². The number of anilines is 1. The van der Waals surface area contributed by atoms with Crippen molar-refractivity contribution in [2.45, 2.75) is 46.0 Å². The molecule has 0 aliphatic heterocycles. The Morgan fingerprint density at radius 3 is 2.21 bits per heavy atom. The lowest BCUT2D eigenvalue weighted by Gasteiger charge is -2.19. The number of carbonyl (C=O) groups excluding carboxylic acids is 1. The molecule has 0 bridgehead atoms. The van der Waals surface area contributed by atoms with Gasteiger partial charge < -0.3 is 5.32 Å². The molecule has 1 heterocycles. The number of rotatable bonds is 5. The van der Waals surface area contributed by atoms with Crippen LogP contribution >= 0.6 is 0 Å². The van der Waals surface area contributed by atoms with Gasteiger partial charge in [0.05, 0.1) is 11.4 Å². The van der Waals surface area contributed by atoms with Gasteiger partial charge in [-0.15, -0.1) is 0 Å². The summed E-state index contributed by atoms with van der Waals surface area (Å²) in [5.74, 6) is -0.157. The number of hydrogen-bond acceptors (Lipinski definition) is 2. The molecule has 0 radical (unpaired) electrons. The Labute approximate surface area is 172 Å². The van der Waals surface area contributed by atoms with Crippen LogP contribution in [-0.4, -0.2) is 15.3 Å². The lowest BCUT2D eigenvalue weighted by Crippen LogP contribution is -2.23. The number of amides is 1. The van der Waals surface area contributed by atoms with E-state index in [-0.39, 0.29) is 16.9 Å². The lowest BCUT2D eigenvalue weighted by molar-refractivity contribution is -0.116. The fourth-order valence-corrected chi connectivity index (χ4v) is 3.34. The summed E-state index contributed by atoms with van der Waals surface area (Å²) in [5.41, 5.74) is 4.10. The summed E-state index contributed by atoms with van der Waals surface area (Å²) >= 11 is 0. The highest BCUT2D eigenvalue weighted by Crippen LogP contribution is 2.22. The maximum Gasteiger partial charge on any atom is 0.295 e. The first kappa shape index (κ1) is 20.6. The summed E-state index contributed by atoms with van der Waals surface area (Å²) in [7, 11) is 1.82. The van der Waals surface area contributed by atoms with Gasteiger partial charge in [-0.3, -0.25) is 14.3 Å². The second kappa shape index (κ2) is 8.11. The minimum Gasteiger partial charge on any atom is -0.320 e. The highest BCUT2D eigenvalue weighted by atomic mass is 16.2. The highest BCUT2D eigenvalue weighted by molar-refractivity contribution is 5.91. The smallest absolute Gasteiger partial charge is 0.295 e. The number of aryl methyl sites for hydroxylation is 1. The lowest BCUT2D eigenvalue weighted by atomic mass is 9.86. The van der Waals surface area contributed by atoms with Crippen molar-refractivity contribution in [2.24, 2.45) is 7.05 Å². The molecular formula is C24H29N3O2. The normalized spacial score (nSPS) is 11.5. The topological polar surface area (TPSA) is 56.0 Å². The van der Waals surface area contributed by atoms with Crippen LogP contribution in [0.25, 0.3) is 5.69 Å². The maximum absolute atomic E-state index is 12.9. The number of nitrogens with zero attached hydrogens (tertiary/aromatic N) is 2. The van der Waals surface area contributed by atoms with E-state index < -0.39 is 0 Å². The van der Waals surface area contributed by atoms with Crippen LogP contribution in [0.4, 0.5) is 5.69 Å². The SMILES string of the molecule is Cc1c(NC(=O)CCc2ccc(C(C)(C)C)cc2)c(=O)n(-c2ccccc2)n1C. The molecule has 5 nitrogen and oxygen atoms in total. The summed E-state index contributed by atoms with van der Waals surface area (Å²) < 4.78 is 3.33. The van der Waals surface area contributed by atoms with Crippen molar-refractivity contribution < 1.29 is 4.79 Å². The second-order valence-corrected chi connectivity index (χ2v) is 8.43. The zero-order chi connectivity index (χ0) is 21.2. The number of benzene rings is 2. The van der Waals surface area contributed by atoms with E-state index in [0.717, 1.165) is 16.9 Å². The van der Waals surface area contributed by atoms with Crippen LogP contribution < -0.4 is 10.9 Å². The zero-order valence-electron chi connectivity index (χ0n) is 17.8. The van der Waals surface area contributed by atoms with Crippen LogP contribution in [-0.2, 0) is 23.7 Å². The van der Waals surface area contributed by atoms with Crippen molar-refractivity contribution in [1.29, 1.82) is 0 Å². The predicted molar refractivity (Wildman–Crippen MR) is 118 cm³/mol. The van der Waals surface area contributed by atoms with Crippen molar-refractivity contribution in [1.82, 2.24) is 9.36 Å². The maximum atomic E-state index is 12.9. The van der Waals surface area contributed by atoms with Crippen molar-refractivity contribution in [3.8, 4) is 5.69 Å². The molecule has 1 amide bonds. The Morgan fingerprint density at radius 1 is 1.00 bits per heavy atom. The quantitative estimate of drug-likeness (QED) is 0.703.